The maximum absolute atomic E-state index is 13.1. The van der Waals surface area contributed by atoms with Crippen LogP contribution in [0.4, 0.5) is 13.2 Å². The third-order valence-electron chi connectivity index (χ3n) is 2.38. The number of Topliss-reactive ketones (excluding diaryl/α,β-unsaturated/α-hetero) is 1. The van der Waals surface area contributed by atoms with Crippen LogP contribution in [-0.4, -0.2) is 23.5 Å². The van der Waals surface area contributed by atoms with Crippen molar-refractivity contribution in [3.63, 3.8) is 0 Å². The molecule has 0 amide bonds. The molecule has 1 aliphatic rings. The van der Waals surface area contributed by atoms with Crippen molar-refractivity contribution in [3.8, 4) is 0 Å². The quantitative estimate of drug-likeness (QED) is 0.576. The Bertz CT molecular complexity index is 532. The van der Waals surface area contributed by atoms with E-state index in [2.05, 4.69) is 0 Å². The molecule has 1 nitrogen and oxygen atoms in total. The van der Waals surface area contributed by atoms with E-state index in [0.717, 1.165) is 23.5 Å². The summed E-state index contributed by atoms with van der Waals surface area (Å²) in [4.78, 5) is 12.1. The van der Waals surface area contributed by atoms with Gasteiger partial charge in [0, 0.05) is 17.1 Å². The summed E-state index contributed by atoms with van der Waals surface area (Å²) in [6.07, 6.45) is -4.67. The molecule has 1 saturated heterocycles. The Kier molecular flexibility index (Phi) is 4.53. The molecule has 0 aliphatic carbocycles. The van der Waals surface area contributed by atoms with E-state index in [9.17, 15) is 18.0 Å². The minimum Gasteiger partial charge on any atom is -0.288 e. The number of carbonyl (C=O) groups excluding carboxylic acids is 1. The Labute approximate surface area is 121 Å². The van der Waals surface area contributed by atoms with Gasteiger partial charge in [-0.15, -0.1) is 23.5 Å². The lowest BCUT2D eigenvalue weighted by atomic mass is 10.0. The predicted octanol–water partition coefficient (Wildman–Crippen LogP) is 4.78. The standard InChI is InChI=1S/C12H8ClF3OS2/c13-8-4-2-1-3-7(8)10(17)9(12(14,15)16)11-18-5-6-19-11/h1-4H,5-6H2. The molecule has 0 radical (unpaired) electrons. The molecular weight excluding hydrogens is 317 g/mol. The van der Waals surface area contributed by atoms with Gasteiger partial charge in [0.25, 0.3) is 0 Å². The SMILES string of the molecule is O=C(C(=C1SCCS1)C(F)(F)F)c1ccccc1Cl. The number of carbonyl (C=O) groups is 1. The van der Waals surface area contributed by atoms with Crippen molar-refractivity contribution in [1.29, 1.82) is 0 Å². The first-order valence-corrected chi connectivity index (χ1v) is 7.62. The third kappa shape index (κ3) is 3.30. The van der Waals surface area contributed by atoms with Crippen LogP contribution in [0.25, 0.3) is 0 Å². The van der Waals surface area contributed by atoms with Gasteiger partial charge < -0.3 is 0 Å². The van der Waals surface area contributed by atoms with Crippen LogP contribution >= 0.6 is 35.1 Å². The van der Waals surface area contributed by atoms with Crippen molar-refractivity contribution in [3.05, 3.63) is 44.7 Å². The molecule has 1 aliphatic heterocycles. The van der Waals surface area contributed by atoms with Gasteiger partial charge in [-0.1, -0.05) is 23.7 Å². The maximum Gasteiger partial charge on any atom is 0.421 e. The number of benzene rings is 1. The van der Waals surface area contributed by atoms with Crippen LogP contribution in [0, 0.1) is 0 Å². The summed E-state index contributed by atoms with van der Waals surface area (Å²) >= 11 is 7.93. The van der Waals surface area contributed by atoms with E-state index < -0.39 is 17.5 Å². The molecule has 0 unspecified atom stereocenters. The highest BCUT2D eigenvalue weighted by Crippen LogP contribution is 2.45. The van der Waals surface area contributed by atoms with E-state index in [1.54, 1.807) is 6.07 Å². The van der Waals surface area contributed by atoms with Crippen LogP contribution in [0.1, 0.15) is 10.4 Å². The second-order valence-electron chi connectivity index (χ2n) is 3.67. The Morgan fingerprint density at radius 3 is 2.26 bits per heavy atom. The number of alkyl halides is 3. The molecule has 19 heavy (non-hydrogen) atoms. The van der Waals surface area contributed by atoms with Gasteiger partial charge in [-0.2, -0.15) is 13.2 Å². The van der Waals surface area contributed by atoms with Crippen molar-refractivity contribution in [1.82, 2.24) is 0 Å². The predicted molar refractivity (Wildman–Crippen MR) is 73.8 cm³/mol. The van der Waals surface area contributed by atoms with Gasteiger partial charge in [0.1, 0.15) is 5.57 Å². The Balaban J connectivity index is 2.49. The molecule has 0 aromatic heterocycles. The fraction of sp³-hybridized carbons (Fsp3) is 0.250. The first-order chi connectivity index (χ1) is 8.91. The lowest BCUT2D eigenvalue weighted by molar-refractivity contribution is -0.0887. The topological polar surface area (TPSA) is 17.1 Å². The van der Waals surface area contributed by atoms with Gasteiger partial charge in [0.15, 0.2) is 0 Å². The fourth-order valence-corrected chi connectivity index (χ4v) is 4.37. The van der Waals surface area contributed by atoms with E-state index in [-0.39, 0.29) is 14.8 Å². The van der Waals surface area contributed by atoms with Crippen LogP contribution in [-0.2, 0) is 0 Å². The Hall–Kier alpha value is -0.590. The molecule has 102 valence electrons. The zero-order chi connectivity index (χ0) is 14.0. The molecule has 1 heterocycles. The number of hydrogen-bond donors (Lipinski definition) is 0. The highest BCUT2D eigenvalue weighted by Gasteiger charge is 2.43. The average molecular weight is 325 g/mol. The van der Waals surface area contributed by atoms with Crippen LogP contribution in [0.3, 0.4) is 0 Å². The van der Waals surface area contributed by atoms with Crippen LogP contribution in [0.2, 0.25) is 5.02 Å². The number of rotatable bonds is 2. The van der Waals surface area contributed by atoms with Crippen molar-refractivity contribution in [2.45, 2.75) is 6.18 Å². The molecule has 0 spiro atoms. The van der Waals surface area contributed by atoms with Gasteiger partial charge in [0.05, 0.1) is 9.26 Å². The molecule has 1 aromatic carbocycles. The molecule has 0 N–H and O–H groups in total. The summed E-state index contributed by atoms with van der Waals surface area (Å²) in [6.45, 7) is 0. The van der Waals surface area contributed by atoms with E-state index in [1.165, 1.54) is 18.2 Å². The van der Waals surface area contributed by atoms with Crippen LogP contribution in [0.5, 0.6) is 0 Å². The molecule has 2 rings (SSSR count). The summed E-state index contributed by atoms with van der Waals surface area (Å²) in [5.41, 5.74) is -1.22. The molecule has 1 aromatic rings. The summed E-state index contributed by atoms with van der Waals surface area (Å²) in [5.74, 6) is 0.0973. The van der Waals surface area contributed by atoms with Crippen LogP contribution in [0.15, 0.2) is 34.1 Å². The minimum absolute atomic E-state index is 0.0304. The van der Waals surface area contributed by atoms with Crippen molar-refractivity contribution >= 4 is 40.9 Å². The number of allylic oxidation sites excluding steroid dienone is 1. The Morgan fingerprint density at radius 1 is 1.16 bits per heavy atom. The highest BCUT2D eigenvalue weighted by atomic mass is 35.5. The zero-order valence-electron chi connectivity index (χ0n) is 9.46. The van der Waals surface area contributed by atoms with Crippen LogP contribution < -0.4 is 0 Å². The molecule has 0 saturated carbocycles. The second-order valence-corrected chi connectivity index (χ2v) is 6.54. The van der Waals surface area contributed by atoms with Gasteiger partial charge in [-0.3, -0.25) is 4.79 Å². The molecule has 0 bridgehead atoms. The second kappa shape index (κ2) is 5.81. The number of hydrogen-bond acceptors (Lipinski definition) is 3. The van der Waals surface area contributed by atoms with E-state index in [1.807, 2.05) is 0 Å². The molecule has 0 atom stereocenters. The summed E-state index contributed by atoms with van der Waals surface area (Å²) < 4.78 is 39.3. The molecule has 7 heteroatoms. The van der Waals surface area contributed by atoms with Gasteiger partial charge >= 0.3 is 6.18 Å². The van der Waals surface area contributed by atoms with E-state index in [4.69, 9.17) is 11.6 Å². The Morgan fingerprint density at radius 2 is 1.74 bits per heavy atom. The van der Waals surface area contributed by atoms with Crippen molar-refractivity contribution in [2.24, 2.45) is 0 Å². The maximum atomic E-state index is 13.1. The number of halogens is 4. The van der Waals surface area contributed by atoms with E-state index in [0.29, 0.717) is 11.5 Å². The lowest BCUT2D eigenvalue weighted by Crippen LogP contribution is -2.21. The monoisotopic (exact) mass is 324 g/mol. The molecular formula is C12H8ClF3OS2. The largest absolute Gasteiger partial charge is 0.421 e. The van der Waals surface area contributed by atoms with Gasteiger partial charge in [-0.05, 0) is 12.1 Å². The normalized spacial score (nSPS) is 15.7. The first-order valence-electron chi connectivity index (χ1n) is 5.27. The van der Waals surface area contributed by atoms with Gasteiger partial charge in [-0.25, -0.2) is 0 Å². The third-order valence-corrected chi connectivity index (χ3v) is 5.43. The summed E-state index contributed by atoms with van der Waals surface area (Å²) in [5, 5.41) is 0.0304. The van der Waals surface area contributed by atoms with Crippen molar-refractivity contribution < 1.29 is 18.0 Å². The molecule has 1 fully saturated rings. The smallest absolute Gasteiger partial charge is 0.288 e. The average Bonchev–Trinajstić information content (AvgIpc) is 2.81. The summed E-state index contributed by atoms with van der Waals surface area (Å²) in [6, 6.07) is 5.77. The number of thioether (sulfide) groups is 2. The zero-order valence-corrected chi connectivity index (χ0v) is 11.8. The number of ketones is 1. The fourth-order valence-electron chi connectivity index (χ4n) is 1.57. The summed E-state index contributed by atoms with van der Waals surface area (Å²) in [7, 11) is 0. The van der Waals surface area contributed by atoms with E-state index >= 15 is 0 Å². The minimum atomic E-state index is -4.67. The lowest BCUT2D eigenvalue weighted by Gasteiger charge is -2.13. The van der Waals surface area contributed by atoms with Crippen molar-refractivity contribution in [2.75, 3.05) is 11.5 Å². The van der Waals surface area contributed by atoms with Gasteiger partial charge in [0.2, 0.25) is 5.78 Å². The first kappa shape index (κ1) is 14.8. The highest BCUT2D eigenvalue weighted by molar-refractivity contribution is 8.25.